The number of benzene rings is 3. The van der Waals surface area contributed by atoms with Crippen molar-refractivity contribution in [3.05, 3.63) is 104 Å². The first-order valence-electron chi connectivity index (χ1n) is 11.1. The minimum atomic E-state index is -0.125. The number of allylic oxidation sites excluding steroid dienone is 1. The van der Waals surface area contributed by atoms with E-state index in [9.17, 15) is 4.79 Å². The molecule has 0 fully saturated rings. The maximum atomic E-state index is 12.2. The third kappa shape index (κ3) is 3.99. The van der Waals surface area contributed by atoms with Gasteiger partial charge in [0, 0.05) is 34.9 Å². The van der Waals surface area contributed by atoms with E-state index in [4.69, 9.17) is 5.10 Å². The van der Waals surface area contributed by atoms with Gasteiger partial charge in [0.1, 0.15) is 0 Å². The average molecular weight is 445 g/mol. The molecule has 0 aliphatic heterocycles. The van der Waals surface area contributed by atoms with Crippen LogP contribution >= 0.6 is 0 Å². The normalized spacial score (nSPS) is 10.9. The van der Waals surface area contributed by atoms with E-state index >= 15 is 0 Å². The highest BCUT2D eigenvalue weighted by Gasteiger charge is 2.15. The lowest BCUT2D eigenvalue weighted by Crippen LogP contribution is -2.09. The summed E-state index contributed by atoms with van der Waals surface area (Å²) in [5.41, 5.74) is 8.21. The van der Waals surface area contributed by atoms with Crippen molar-refractivity contribution in [2.45, 2.75) is 13.8 Å². The molecule has 0 spiro atoms. The van der Waals surface area contributed by atoms with Gasteiger partial charge < -0.3 is 0 Å². The lowest BCUT2D eigenvalue weighted by atomic mass is 10.0. The van der Waals surface area contributed by atoms with Crippen LogP contribution in [-0.4, -0.2) is 25.5 Å². The van der Waals surface area contributed by atoms with Gasteiger partial charge in [-0.05, 0) is 19.1 Å². The second-order valence-electron chi connectivity index (χ2n) is 8.22. The van der Waals surface area contributed by atoms with Crippen LogP contribution in [0, 0.1) is 0 Å². The molecule has 0 bridgehead atoms. The first-order valence-corrected chi connectivity index (χ1v) is 11.1. The minimum Gasteiger partial charge on any atom is -0.273 e. The fraction of sp³-hybridized carbons (Fsp3) is 0.0690. The van der Waals surface area contributed by atoms with Crippen LogP contribution in [0.2, 0.25) is 0 Å². The monoisotopic (exact) mass is 444 g/mol. The predicted molar refractivity (Wildman–Crippen MR) is 137 cm³/mol. The van der Waals surface area contributed by atoms with Gasteiger partial charge in [-0.1, -0.05) is 91.5 Å². The van der Waals surface area contributed by atoms with Crippen LogP contribution in [0.4, 0.5) is 0 Å². The molecule has 3 aromatic carbocycles. The number of nitrogens with zero attached hydrogens (tertiary/aromatic N) is 4. The van der Waals surface area contributed by atoms with Crippen LogP contribution in [0.25, 0.3) is 50.7 Å². The van der Waals surface area contributed by atoms with Crippen LogP contribution in [0.15, 0.2) is 104 Å². The molecule has 2 heterocycles. The van der Waals surface area contributed by atoms with Gasteiger partial charge in [-0.3, -0.25) is 4.79 Å². The number of carbonyl (C=O) groups is 1. The highest BCUT2D eigenvalue weighted by Crippen LogP contribution is 2.31. The van der Waals surface area contributed by atoms with Crippen LogP contribution in [-0.2, 0) is 0 Å². The molecule has 0 radical (unpaired) electrons. The minimum absolute atomic E-state index is 0.125. The maximum absolute atomic E-state index is 12.2. The van der Waals surface area contributed by atoms with Gasteiger partial charge in [0.05, 0.1) is 22.8 Å². The lowest BCUT2D eigenvalue weighted by Gasteiger charge is -2.05. The molecule has 34 heavy (non-hydrogen) atoms. The van der Waals surface area contributed by atoms with Crippen molar-refractivity contribution in [2.75, 3.05) is 0 Å². The lowest BCUT2D eigenvalue weighted by molar-refractivity contribution is 0.0923. The first-order chi connectivity index (χ1) is 16.5. The molecule has 0 aliphatic rings. The van der Waals surface area contributed by atoms with E-state index in [0.29, 0.717) is 0 Å². The molecule has 0 saturated carbocycles. The first kappa shape index (κ1) is 21.3. The Labute approximate surface area is 198 Å². The molecule has 0 unspecified atom stereocenters. The third-order valence-electron chi connectivity index (χ3n) is 5.69. The average Bonchev–Trinajstić information content (AvgIpc) is 3.51. The third-order valence-corrected chi connectivity index (χ3v) is 5.69. The molecule has 5 aromatic rings. The fourth-order valence-electron chi connectivity index (χ4n) is 4.02. The van der Waals surface area contributed by atoms with Gasteiger partial charge in [0.15, 0.2) is 0 Å². The van der Waals surface area contributed by atoms with Gasteiger partial charge in [0.2, 0.25) is 5.91 Å². The SMILES string of the molecule is C=C(C)n1nc(-c2ccc(-c3cc(-c4ccccc4)n(C(C)=O)n3)cc2)cc1-c1ccccc1. The zero-order valence-corrected chi connectivity index (χ0v) is 19.1. The molecule has 5 heteroatoms. The van der Waals surface area contributed by atoms with Crippen molar-refractivity contribution in [3.8, 4) is 45.0 Å². The van der Waals surface area contributed by atoms with Gasteiger partial charge in [0.25, 0.3) is 0 Å². The summed E-state index contributed by atoms with van der Waals surface area (Å²) in [6.45, 7) is 7.55. The Morgan fingerprint density at radius 3 is 1.44 bits per heavy atom. The number of aromatic nitrogens is 4. The zero-order valence-electron chi connectivity index (χ0n) is 19.1. The summed E-state index contributed by atoms with van der Waals surface area (Å²) in [6, 6.07) is 32.1. The summed E-state index contributed by atoms with van der Waals surface area (Å²) in [5.74, 6) is -0.125. The Bertz CT molecular complexity index is 1360. The molecule has 0 amide bonds. The van der Waals surface area contributed by atoms with Crippen molar-refractivity contribution in [1.82, 2.24) is 19.6 Å². The van der Waals surface area contributed by atoms with Gasteiger partial charge in [-0.15, -0.1) is 0 Å². The molecule has 2 aromatic heterocycles. The van der Waals surface area contributed by atoms with Gasteiger partial charge in [-0.25, -0.2) is 4.68 Å². The van der Waals surface area contributed by atoms with Crippen molar-refractivity contribution in [2.24, 2.45) is 0 Å². The summed E-state index contributed by atoms with van der Waals surface area (Å²) < 4.78 is 3.33. The topological polar surface area (TPSA) is 52.7 Å². The summed E-state index contributed by atoms with van der Waals surface area (Å²) in [6.07, 6.45) is 0. The maximum Gasteiger partial charge on any atom is 0.244 e. The summed E-state index contributed by atoms with van der Waals surface area (Å²) >= 11 is 0. The predicted octanol–water partition coefficient (Wildman–Crippen LogP) is 6.90. The molecule has 5 nitrogen and oxygen atoms in total. The number of hydrogen-bond acceptors (Lipinski definition) is 3. The van der Waals surface area contributed by atoms with E-state index in [1.807, 2.05) is 90.5 Å². The van der Waals surface area contributed by atoms with Crippen LogP contribution in [0.1, 0.15) is 18.6 Å². The van der Waals surface area contributed by atoms with E-state index < -0.39 is 0 Å². The Morgan fingerprint density at radius 1 is 0.618 bits per heavy atom. The molecule has 166 valence electrons. The van der Waals surface area contributed by atoms with Crippen molar-refractivity contribution >= 4 is 11.6 Å². The van der Waals surface area contributed by atoms with E-state index in [2.05, 4.69) is 29.9 Å². The second-order valence-corrected chi connectivity index (χ2v) is 8.22. The number of hydrogen-bond donors (Lipinski definition) is 0. The molecule has 0 N–H and O–H groups in total. The molecule has 0 aliphatic carbocycles. The number of carbonyl (C=O) groups excluding carboxylic acids is 1. The van der Waals surface area contributed by atoms with E-state index in [1.165, 1.54) is 11.6 Å². The summed E-state index contributed by atoms with van der Waals surface area (Å²) in [5, 5.41) is 9.37. The zero-order chi connectivity index (χ0) is 23.7. The van der Waals surface area contributed by atoms with E-state index in [1.54, 1.807) is 0 Å². The van der Waals surface area contributed by atoms with E-state index in [0.717, 1.165) is 50.7 Å². The fourth-order valence-corrected chi connectivity index (χ4v) is 4.02. The number of rotatable bonds is 5. The Balaban J connectivity index is 1.51. The van der Waals surface area contributed by atoms with Crippen molar-refractivity contribution < 1.29 is 4.79 Å². The van der Waals surface area contributed by atoms with Crippen LogP contribution < -0.4 is 0 Å². The summed E-state index contributed by atoms with van der Waals surface area (Å²) in [4.78, 5) is 12.2. The van der Waals surface area contributed by atoms with Crippen LogP contribution in [0.3, 0.4) is 0 Å². The second kappa shape index (κ2) is 8.79. The molecule has 5 rings (SSSR count). The standard InChI is InChI=1S/C29H24N4O/c1-20(2)32-28(24-10-6-4-7-11-24)18-26(30-32)22-14-16-23(17-15-22)27-19-29(33(31-27)21(3)34)25-12-8-5-9-13-25/h4-19H,1H2,2-3H3. The Morgan fingerprint density at radius 2 is 1.03 bits per heavy atom. The highest BCUT2D eigenvalue weighted by molar-refractivity contribution is 5.83. The Hall–Kier alpha value is -4.51. The van der Waals surface area contributed by atoms with Gasteiger partial charge in [-0.2, -0.15) is 14.9 Å². The van der Waals surface area contributed by atoms with Gasteiger partial charge >= 0.3 is 0 Å². The Kier molecular flexibility index (Phi) is 5.52. The molecule has 0 saturated heterocycles. The highest BCUT2D eigenvalue weighted by atomic mass is 16.2. The molecular formula is C29H24N4O. The molecule has 0 atom stereocenters. The van der Waals surface area contributed by atoms with Crippen molar-refractivity contribution in [3.63, 3.8) is 0 Å². The quantitative estimate of drug-likeness (QED) is 0.296. The van der Waals surface area contributed by atoms with E-state index in [-0.39, 0.29) is 5.91 Å². The summed E-state index contributed by atoms with van der Waals surface area (Å²) in [7, 11) is 0. The van der Waals surface area contributed by atoms with Crippen LogP contribution in [0.5, 0.6) is 0 Å². The largest absolute Gasteiger partial charge is 0.273 e. The van der Waals surface area contributed by atoms with Crippen molar-refractivity contribution in [1.29, 1.82) is 0 Å². The smallest absolute Gasteiger partial charge is 0.244 e. The molecular weight excluding hydrogens is 420 g/mol.